The van der Waals surface area contributed by atoms with Crippen LogP contribution in [0.1, 0.15) is 29.9 Å². The van der Waals surface area contributed by atoms with Gasteiger partial charge in [-0.1, -0.05) is 13.8 Å². The number of rotatable bonds is 8. The highest BCUT2D eigenvalue weighted by molar-refractivity contribution is 7.08. The molecule has 8 heteroatoms. The Morgan fingerprint density at radius 2 is 1.90 bits per heavy atom. The van der Waals surface area contributed by atoms with Crippen LogP contribution in [-0.4, -0.2) is 59.0 Å². The molecule has 0 aromatic carbocycles. The van der Waals surface area contributed by atoms with Gasteiger partial charge < -0.3 is 9.80 Å². The number of aromatic nitrogens is 1. The van der Waals surface area contributed by atoms with E-state index in [1.165, 1.54) is 17.2 Å². The van der Waals surface area contributed by atoms with Crippen LogP contribution in [0.25, 0.3) is 0 Å². The van der Waals surface area contributed by atoms with Gasteiger partial charge in [0, 0.05) is 25.8 Å². The Hall–Kier alpha value is -1.15. The van der Waals surface area contributed by atoms with Crippen molar-refractivity contribution in [2.75, 3.05) is 32.7 Å². The van der Waals surface area contributed by atoms with Crippen molar-refractivity contribution in [1.82, 2.24) is 14.2 Å². The van der Waals surface area contributed by atoms with E-state index in [9.17, 15) is 18.0 Å². The highest BCUT2D eigenvalue weighted by Gasteiger charge is 2.29. The van der Waals surface area contributed by atoms with Crippen LogP contribution in [-0.2, 0) is 0 Å². The van der Waals surface area contributed by atoms with E-state index in [1.54, 1.807) is 0 Å². The van der Waals surface area contributed by atoms with E-state index in [1.807, 2.05) is 13.8 Å². The zero-order chi connectivity index (χ0) is 15.9. The molecule has 0 bridgehead atoms. The van der Waals surface area contributed by atoms with Crippen molar-refractivity contribution in [2.24, 2.45) is 0 Å². The molecule has 1 rings (SSSR count). The molecular formula is C13H20F3N3OS. The van der Waals surface area contributed by atoms with E-state index in [4.69, 9.17) is 0 Å². The predicted octanol–water partition coefficient (Wildman–Crippen LogP) is 2.88. The molecule has 0 spiro atoms. The Morgan fingerprint density at radius 3 is 2.38 bits per heavy atom. The number of amides is 1. The van der Waals surface area contributed by atoms with Crippen LogP contribution in [0.5, 0.6) is 0 Å². The minimum atomic E-state index is -4.26. The summed E-state index contributed by atoms with van der Waals surface area (Å²) in [5, 5.41) is 0. The van der Waals surface area contributed by atoms with Crippen molar-refractivity contribution in [1.29, 1.82) is 0 Å². The van der Waals surface area contributed by atoms with Crippen LogP contribution >= 0.6 is 11.5 Å². The standard InChI is InChI=1S/C13H20F3N3OS/c1-3-18(4-2)9-10-19(8-6-13(14,15)16)12(20)11-5-7-17-21-11/h5,7H,3-4,6,8-10H2,1-2H3. The first-order valence-corrected chi connectivity index (χ1v) is 7.63. The summed E-state index contributed by atoms with van der Waals surface area (Å²) in [5.41, 5.74) is 0. The van der Waals surface area contributed by atoms with Crippen molar-refractivity contribution < 1.29 is 18.0 Å². The van der Waals surface area contributed by atoms with E-state index in [0.29, 0.717) is 11.4 Å². The molecule has 0 aliphatic heterocycles. The summed E-state index contributed by atoms with van der Waals surface area (Å²) in [6, 6.07) is 1.53. The fourth-order valence-electron chi connectivity index (χ4n) is 1.86. The molecule has 0 saturated heterocycles. The second-order valence-electron chi connectivity index (χ2n) is 4.56. The smallest absolute Gasteiger partial charge is 0.336 e. The average molecular weight is 323 g/mol. The van der Waals surface area contributed by atoms with E-state index < -0.39 is 12.6 Å². The molecular weight excluding hydrogens is 303 g/mol. The van der Waals surface area contributed by atoms with Gasteiger partial charge in [0.15, 0.2) is 0 Å². The maximum Gasteiger partial charge on any atom is 0.390 e. The normalized spacial score (nSPS) is 11.9. The fraction of sp³-hybridized carbons (Fsp3) is 0.692. The van der Waals surface area contributed by atoms with E-state index in [0.717, 1.165) is 24.6 Å². The van der Waals surface area contributed by atoms with Crippen molar-refractivity contribution in [2.45, 2.75) is 26.4 Å². The van der Waals surface area contributed by atoms with E-state index in [2.05, 4.69) is 9.27 Å². The molecule has 0 N–H and O–H groups in total. The zero-order valence-corrected chi connectivity index (χ0v) is 13.0. The van der Waals surface area contributed by atoms with Crippen LogP contribution < -0.4 is 0 Å². The second-order valence-corrected chi connectivity index (χ2v) is 5.39. The zero-order valence-electron chi connectivity index (χ0n) is 12.2. The summed E-state index contributed by atoms with van der Waals surface area (Å²) in [7, 11) is 0. The lowest BCUT2D eigenvalue weighted by molar-refractivity contribution is -0.136. The molecule has 1 aromatic rings. The van der Waals surface area contributed by atoms with Crippen LogP contribution in [0.3, 0.4) is 0 Å². The number of halogens is 3. The fourth-order valence-corrected chi connectivity index (χ4v) is 2.42. The lowest BCUT2D eigenvalue weighted by atomic mass is 10.3. The lowest BCUT2D eigenvalue weighted by Gasteiger charge is -2.26. The van der Waals surface area contributed by atoms with Gasteiger partial charge in [0.1, 0.15) is 4.88 Å². The number of alkyl halides is 3. The van der Waals surface area contributed by atoms with Crippen LogP contribution in [0, 0.1) is 0 Å². The predicted molar refractivity (Wildman–Crippen MR) is 76.5 cm³/mol. The molecule has 21 heavy (non-hydrogen) atoms. The highest BCUT2D eigenvalue weighted by Crippen LogP contribution is 2.20. The van der Waals surface area contributed by atoms with Gasteiger partial charge in [-0.25, -0.2) is 4.37 Å². The quantitative estimate of drug-likeness (QED) is 0.738. The Balaban J connectivity index is 2.67. The summed E-state index contributed by atoms with van der Waals surface area (Å²) < 4.78 is 41.0. The van der Waals surface area contributed by atoms with Gasteiger partial charge in [0.2, 0.25) is 0 Å². The second kappa shape index (κ2) is 8.33. The number of carbonyl (C=O) groups excluding carboxylic acids is 1. The number of hydrogen-bond donors (Lipinski definition) is 0. The Kier molecular flexibility index (Phi) is 7.10. The Morgan fingerprint density at radius 1 is 1.24 bits per heavy atom. The van der Waals surface area contributed by atoms with Gasteiger partial charge in [0.25, 0.3) is 5.91 Å². The topological polar surface area (TPSA) is 36.4 Å². The van der Waals surface area contributed by atoms with Crippen molar-refractivity contribution in [3.8, 4) is 0 Å². The maximum atomic E-state index is 12.4. The van der Waals surface area contributed by atoms with E-state index >= 15 is 0 Å². The van der Waals surface area contributed by atoms with Crippen molar-refractivity contribution >= 4 is 17.4 Å². The van der Waals surface area contributed by atoms with Gasteiger partial charge in [-0.2, -0.15) is 13.2 Å². The summed E-state index contributed by atoms with van der Waals surface area (Å²) in [6.45, 7) is 6.10. The molecule has 1 heterocycles. The molecule has 1 aromatic heterocycles. The highest BCUT2D eigenvalue weighted by atomic mass is 32.1. The summed E-state index contributed by atoms with van der Waals surface area (Å²) in [5.74, 6) is -0.381. The largest absolute Gasteiger partial charge is 0.390 e. The molecule has 0 saturated carbocycles. The van der Waals surface area contributed by atoms with Gasteiger partial charge in [-0.05, 0) is 30.7 Å². The lowest BCUT2D eigenvalue weighted by Crippen LogP contribution is -2.40. The molecule has 0 fully saturated rings. The average Bonchev–Trinajstić information content (AvgIpc) is 2.95. The maximum absolute atomic E-state index is 12.4. The molecule has 120 valence electrons. The Bertz CT molecular complexity index is 419. The number of hydrogen-bond acceptors (Lipinski definition) is 4. The van der Waals surface area contributed by atoms with Crippen LogP contribution in [0.15, 0.2) is 12.3 Å². The van der Waals surface area contributed by atoms with Gasteiger partial charge in [-0.3, -0.25) is 4.79 Å². The molecule has 0 unspecified atom stereocenters. The van der Waals surface area contributed by atoms with Crippen LogP contribution in [0.4, 0.5) is 13.2 Å². The minimum Gasteiger partial charge on any atom is -0.336 e. The Labute approximate surface area is 126 Å². The third kappa shape index (κ3) is 6.43. The monoisotopic (exact) mass is 323 g/mol. The van der Waals surface area contributed by atoms with Crippen LogP contribution in [0.2, 0.25) is 0 Å². The first-order chi connectivity index (χ1) is 9.87. The summed E-state index contributed by atoms with van der Waals surface area (Å²) >= 11 is 1.00. The molecule has 1 amide bonds. The molecule has 4 nitrogen and oxygen atoms in total. The molecule has 0 atom stereocenters. The third-order valence-corrected chi connectivity index (χ3v) is 3.92. The van der Waals surface area contributed by atoms with Crippen molar-refractivity contribution in [3.63, 3.8) is 0 Å². The number of likely N-dealkylation sites (N-methyl/N-ethyl adjacent to an activating group) is 1. The minimum absolute atomic E-state index is 0.286. The van der Waals surface area contributed by atoms with Crippen molar-refractivity contribution in [3.05, 3.63) is 17.1 Å². The number of carbonyl (C=O) groups is 1. The summed E-state index contributed by atoms with van der Waals surface area (Å²) in [4.78, 5) is 15.9. The third-order valence-electron chi connectivity index (χ3n) is 3.18. The summed E-state index contributed by atoms with van der Waals surface area (Å²) in [6.07, 6.45) is -3.78. The first-order valence-electron chi connectivity index (χ1n) is 6.86. The van der Waals surface area contributed by atoms with Gasteiger partial charge in [-0.15, -0.1) is 0 Å². The first kappa shape index (κ1) is 17.9. The number of nitrogens with zero attached hydrogens (tertiary/aromatic N) is 3. The molecule has 0 radical (unpaired) electrons. The van der Waals surface area contributed by atoms with E-state index in [-0.39, 0.29) is 19.0 Å². The van der Waals surface area contributed by atoms with Gasteiger partial charge in [0.05, 0.1) is 6.42 Å². The molecule has 0 aliphatic rings. The van der Waals surface area contributed by atoms with Gasteiger partial charge >= 0.3 is 6.18 Å². The SMILES string of the molecule is CCN(CC)CCN(CCC(F)(F)F)C(=O)c1ccns1. The molecule has 0 aliphatic carbocycles.